The number of nitro benzene ring substituents is 2. The number of esters is 2. The molecule has 0 spiro atoms. The van der Waals surface area contributed by atoms with Crippen LogP contribution < -0.4 is 9.16 Å². The van der Waals surface area contributed by atoms with Gasteiger partial charge in [0.25, 0.3) is 17.3 Å². The largest absolute Gasteiger partial charge is 0.543 e. The van der Waals surface area contributed by atoms with Crippen molar-refractivity contribution in [2.75, 3.05) is 20.0 Å². The molecule has 19 heteroatoms. The minimum absolute atomic E-state index is 0.0280. The van der Waals surface area contributed by atoms with E-state index in [0.717, 1.165) is 18.9 Å². The van der Waals surface area contributed by atoms with E-state index in [4.69, 9.17) is 28.2 Å². The van der Waals surface area contributed by atoms with Crippen LogP contribution >= 0.6 is 11.8 Å². The van der Waals surface area contributed by atoms with E-state index in [-0.39, 0.29) is 58.9 Å². The van der Waals surface area contributed by atoms with E-state index < -0.39 is 48.2 Å². The predicted octanol–water partition coefficient (Wildman–Crippen LogP) is 8.23. The number of non-ortho nitro benzene ring substituents is 2. The predicted molar refractivity (Wildman–Crippen MR) is 216 cm³/mol. The van der Waals surface area contributed by atoms with Crippen molar-refractivity contribution < 1.29 is 57.2 Å². The van der Waals surface area contributed by atoms with Gasteiger partial charge in [0.05, 0.1) is 29.6 Å². The Morgan fingerprint density at radius 3 is 1.86 bits per heavy atom. The van der Waals surface area contributed by atoms with Gasteiger partial charge in [0, 0.05) is 59.4 Å². The molecule has 1 atom stereocenters. The second-order valence-electron chi connectivity index (χ2n) is 14.5. The molecule has 0 N–H and O–H groups in total. The van der Waals surface area contributed by atoms with Gasteiger partial charge in [-0.3, -0.25) is 25.0 Å². The van der Waals surface area contributed by atoms with Crippen molar-refractivity contribution in [3.63, 3.8) is 0 Å². The average Bonchev–Trinajstić information content (AvgIpc) is 3.17. The summed E-state index contributed by atoms with van der Waals surface area (Å²) in [5.41, 5.74) is 1.64. The molecule has 0 aromatic heterocycles. The number of nitro groups is 2. The Morgan fingerprint density at radius 2 is 1.40 bits per heavy atom. The van der Waals surface area contributed by atoms with Crippen molar-refractivity contribution in [2.24, 2.45) is 0 Å². The number of hydrogen-bond acceptors (Lipinski definition) is 15. The van der Waals surface area contributed by atoms with Crippen molar-refractivity contribution in [3.05, 3.63) is 103 Å². The number of nitrogens with zero attached hydrogens (tertiary/aromatic N) is 3. The first-order valence-corrected chi connectivity index (χ1v) is 22.2. The fourth-order valence-electron chi connectivity index (χ4n) is 5.07. The highest BCUT2D eigenvalue weighted by Crippen LogP contribution is 2.42. The molecule has 0 unspecified atom stereocenters. The smallest absolute Gasteiger partial charge is 0.533 e. The Morgan fingerprint density at radius 1 is 0.862 bits per heavy atom. The molecule has 0 fully saturated rings. The monoisotopic (exact) mass is 843 g/mol. The van der Waals surface area contributed by atoms with Crippen LogP contribution in [0.4, 0.5) is 16.2 Å². The van der Waals surface area contributed by atoms with Gasteiger partial charge in [0.1, 0.15) is 24.7 Å². The third-order valence-corrected chi connectivity index (χ3v) is 14.8. The zero-order chi connectivity index (χ0) is 43.4. The summed E-state index contributed by atoms with van der Waals surface area (Å²) >= 11 is 1.11. The normalized spacial score (nSPS) is 11.8. The van der Waals surface area contributed by atoms with Crippen LogP contribution in [0.15, 0.2) is 54.6 Å². The number of hydroxylamine groups is 2. The molecule has 0 radical (unpaired) electrons. The van der Waals surface area contributed by atoms with Gasteiger partial charge in [-0.05, 0) is 66.9 Å². The number of carbonyl (C=O) groups excluding carboxylic acids is 4. The molecule has 0 aliphatic heterocycles. The summed E-state index contributed by atoms with van der Waals surface area (Å²) in [4.78, 5) is 79.6. The maximum Gasteiger partial charge on any atom is 0.533 e. The zero-order valence-electron chi connectivity index (χ0n) is 34.0. The number of carbonyl (C=O) groups is 4. The fraction of sp³-hybridized carbons (Fsp3) is 0.436. The third-order valence-electron chi connectivity index (χ3n) is 9.38. The standard InChI is InChI=1S/C39H49N3O14SSi/c1-10-11-34(43)40(55-38(46)54-22-27-14-18-29(19-15-27)42(49)50)31(36(44)52-7)24-57-23-30-33(51-6)20-32(56-58(8,9)39(3,4)5)25(2)35(30)37(45)53-21-26-12-16-28(17-13-26)41(47)48/h12-20,31H,10-11,21-24H2,1-9H3/t31-/m1/s1. The zero-order valence-corrected chi connectivity index (χ0v) is 35.8. The van der Waals surface area contributed by atoms with Crippen LogP contribution in [-0.2, 0) is 47.6 Å². The van der Waals surface area contributed by atoms with Gasteiger partial charge in [-0.1, -0.05) is 27.7 Å². The Bertz CT molecular complexity index is 1970. The van der Waals surface area contributed by atoms with Crippen LogP contribution in [0.25, 0.3) is 0 Å². The number of methoxy groups -OCH3 is 2. The molecule has 0 aliphatic rings. The Labute approximate surface area is 341 Å². The molecule has 3 aromatic rings. The van der Waals surface area contributed by atoms with E-state index >= 15 is 0 Å². The fourth-order valence-corrected chi connectivity index (χ4v) is 7.24. The molecule has 0 heterocycles. The van der Waals surface area contributed by atoms with Crippen molar-refractivity contribution >= 4 is 55.5 Å². The molecule has 0 bridgehead atoms. The highest BCUT2D eigenvalue weighted by atomic mass is 32.2. The van der Waals surface area contributed by atoms with Gasteiger partial charge in [-0.25, -0.2) is 14.4 Å². The van der Waals surface area contributed by atoms with Crippen LogP contribution in [-0.4, -0.2) is 73.2 Å². The summed E-state index contributed by atoms with van der Waals surface area (Å²) in [6.45, 7) is 13.2. The average molecular weight is 844 g/mol. The number of hydrogen-bond donors (Lipinski definition) is 0. The molecular weight excluding hydrogens is 795 g/mol. The van der Waals surface area contributed by atoms with Crippen LogP contribution in [0.3, 0.4) is 0 Å². The molecule has 0 saturated carbocycles. The van der Waals surface area contributed by atoms with Gasteiger partial charge < -0.3 is 28.2 Å². The van der Waals surface area contributed by atoms with Crippen LogP contribution in [0, 0.1) is 27.2 Å². The molecule has 314 valence electrons. The van der Waals surface area contributed by atoms with Gasteiger partial charge in [-0.15, -0.1) is 0 Å². The maximum atomic E-state index is 14.0. The topological polar surface area (TPSA) is 213 Å². The number of ether oxygens (including phenoxy) is 4. The van der Waals surface area contributed by atoms with E-state index in [2.05, 4.69) is 33.9 Å². The molecule has 58 heavy (non-hydrogen) atoms. The van der Waals surface area contributed by atoms with E-state index in [9.17, 15) is 39.4 Å². The Balaban J connectivity index is 1.95. The summed E-state index contributed by atoms with van der Waals surface area (Å²) in [6, 6.07) is 11.1. The van der Waals surface area contributed by atoms with Crippen molar-refractivity contribution in [1.82, 2.24) is 5.06 Å². The summed E-state index contributed by atoms with van der Waals surface area (Å²) in [5, 5.41) is 22.5. The van der Waals surface area contributed by atoms with E-state index in [1.807, 2.05) is 0 Å². The number of thioether (sulfide) groups is 1. The highest BCUT2D eigenvalue weighted by molar-refractivity contribution is 7.98. The van der Waals surface area contributed by atoms with Crippen LogP contribution in [0.2, 0.25) is 18.1 Å². The molecule has 3 aromatic carbocycles. The number of benzene rings is 3. The Kier molecular flexibility index (Phi) is 16.6. The summed E-state index contributed by atoms with van der Waals surface area (Å²) in [7, 11) is 0.103. The molecule has 3 rings (SSSR count). The lowest BCUT2D eigenvalue weighted by Gasteiger charge is -2.37. The van der Waals surface area contributed by atoms with E-state index in [1.165, 1.54) is 55.6 Å². The summed E-state index contributed by atoms with van der Waals surface area (Å²) in [6.07, 6.45) is -1.06. The summed E-state index contributed by atoms with van der Waals surface area (Å²) < 4.78 is 28.3. The minimum atomic E-state index is -2.44. The van der Waals surface area contributed by atoms with Gasteiger partial charge in [-0.2, -0.15) is 16.8 Å². The highest BCUT2D eigenvalue weighted by Gasteiger charge is 2.40. The van der Waals surface area contributed by atoms with E-state index in [1.54, 1.807) is 19.9 Å². The van der Waals surface area contributed by atoms with Crippen LogP contribution in [0.1, 0.15) is 73.1 Å². The Hall–Kier alpha value is -5.69. The summed E-state index contributed by atoms with van der Waals surface area (Å²) in [5.74, 6) is -1.78. The van der Waals surface area contributed by atoms with Gasteiger partial charge in [0.15, 0.2) is 6.04 Å². The van der Waals surface area contributed by atoms with Gasteiger partial charge >= 0.3 is 18.1 Å². The first-order valence-electron chi connectivity index (χ1n) is 18.1. The first-order chi connectivity index (χ1) is 27.2. The molecule has 1 amide bonds. The first kappa shape index (κ1) is 46.7. The van der Waals surface area contributed by atoms with Crippen molar-refractivity contribution in [1.29, 1.82) is 0 Å². The lowest BCUT2D eigenvalue weighted by Crippen LogP contribution is -2.48. The third kappa shape index (κ3) is 12.4. The van der Waals surface area contributed by atoms with Gasteiger partial charge in [0.2, 0.25) is 8.32 Å². The quantitative estimate of drug-likeness (QED) is 0.0388. The van der Waals surface area contributed by atoms with Crippen LogP contribution in [0.5, 0.6) is 11.5 Å². The minimum Gasteiger partial charge on any atom is -0.543 e. The lowest BCUT2D eigenvalue weighted by molar-refractivity contribution is -0.385. The van der Waals surface area contributed by atoms with Crippen molar-refractivity contribution in [3.8, 4) is 11.5 Å². The van der Waals surface area contributed by atoms with E-state index in [0.29, 0.717) is 39.5 Å². The SMILES string of the molecule is CCCC(=O)N(OC(=O)OCc1ccc([N+](=O)[O-])cc1)[C@H](CSCc1c(OC)cc(O[Si](C)(C)C(C)(C)C)c(C)c1C(=O)OCc1ccc([N+](=O)[O-])cc1)C(=O)OC. The lowest BCUT2D eigenvalue weighted by atomic mass is 10.0. The number of rotatable bonds is 18. The molecular formula is C39H49N3O14SSi. The second-order valence-corrected chi connectivity index (χ2v) is 20.2. The number of amides is 1. The second kappa shape index (κ2) is 20.6. The maximum absolute atomic E-state index is 14.0. The molecule has 17 nitrogen and oxygen atoms in total. The van der Waals surface area contributed by atoms with Crippen molar-refractivity contribution in [2.45, 2.75) is 90.6 Å². The molecule has 0 aliphatic carbocycles. The molecule has 0 saturated heterocycles.